The third-order valence-electron chi connectivity index (χ3n) is 2.75. The number of carbonyl (C=O) groups excluding carboxylic acids is 1. The van der Waals surface area contributed by atoms with E-state index in [0.717, 1.165) is 12.0 Å². The number of aromatic nitrogens is 3. The van der Waals surface area contributed by atoms with Crippen LogP contribution >= 0.6 is 0 Å². The molecule has 0 atom stereocenters. The molecule has 19 heavy (non-hydrogen) atoms. The van der Waals surface area contributed by atoms with Crippen LogP contribution in [-0.4, -0.2) is 31.9 Å². The summed E-state index contributed by atoms with van der Waals surface area (Å²) in [5, 5.41) is 15.8. The normalized spacial score (nSPS) is 10.4. The minimum Gasteiger partial charge on any atom is -0.476 e. The first-order valence-electron chi connectivity index (χ1n) is 5.85. The molecule has 0 radical (unpaired) electrons. The van der Waals surface area contributed by atoms with E-state index in [1.807, 2.05) is 19.1 Å². The number of carboxylic acids is 1. The quantitative estimate of drug-likeness (QED) is 0.821. The van der Waals surface area contributed by atoms with Crippen LogP contribution in [0, 0.1) is 0 Å². The predicted molar refractivity (Wildman–Crippen MR) is 67.1 cm³/mol. The van der Waals surface area contributed by atoms with Crippen LogP contribution < -0.4 is 0 Å². The van der Waals surface area contributed by atoms with Crippen LogP contribution in [0.4, 0.5) is 0 Å². The summed E-state index contributed by atoms with van der Waals surface area (Å²) in [7, 11) is 0. The number of benzene rings is 1. The molecular formula is C13H13N3O3. The van der Waals surface area contributed by atoms with Gasteiger partial charge >= 0.3 is 5.97 Å². The SMILES string of the molecule is CCc1ccc(C(=O)Cn2cc(C(=O)O)nn2)cc1. The molecule has 0 bridgehead atoms. The molecule has 0 saturated heterocycles. The number of Topliss-reactive ketones (excluding diaryl/α,β-unsaturated/α-hetero) is 1. The molecule has 0 fully saturated rings. The van der Waals surface area contributed by atoms with Crippen molar-refractivity contribution in [3.8, 4) is 0 Å². The highest BCUT2D eigenvalue weighted by Gasteiger charge is 2.11. The molecule has 0 amide bonds. The Kier molecular flexibility index (Phi) is 3.70. The summed E-state index contributed by atoms with van der Waals surface area (Å²) in [6.07, 6.45) is 2.15. The first-order valence-corrected chi connectivity index (χ1v) is 5.85. The highest BCUT2D eigenvalue weighted by atomic mass is 16.4. The van der Waals surface area contributed by atoms with E-state index in [0.29, 0.717) is 5.56 Å². The number of carboxylic acid groups (broad SMARTS) is 1. The van der Waals surface area contributed by atoms with Crippen LogP contribution in [0.2, 0.25) is 0 Å². The fraction of sp³-hybridized carbons (Fsp3) is 0.231. The highest BCUT2D eigenvalue weighted by molar-refractivity contribution is 5.96. The maximum Gasteiger partial charge on any atom is 0.358 e. The van der Waals surface area contributed by atoms with Crippen molar-refractivity contribution in [3.63, 3.8) is 0 Å². The van der Waals surface area contributed by atoms with Crippen molar-refractivity contribution in [1.29, 1.82) is 0 Å². The first kappa shape index (κ1) is 12.9. The minimum absolute atomic E-state index is 0.0221. The lowest BCUT2D eigenvalue weighted by molar-refractivity contribution is 0.0690. The Morgan fingerprint density at radius 2 is 1.95 bits per heavy atom. The van der Waals surface area contributed by atoms with E-state index in [1.54, 1.807) is 12.1 Å². The molecular weight excluding hydrogens is 246 g/mol. The third kappa shape index (κ3) is 3.04. The van der Waals surface area contributed by atoms with Gasteiger partial charge in [0, 0.05) is 5.56 Å². The molecule has 2 aromatic rings. The van der Waals surface area contributed by atoms with Crippen LogP contribution in [0.5, 0.6) is 0 Å². The van der Waals surface area contributed by atoms with Crippen LogP contribution in [0.1, 0.15) is 33.3 Å². The van der Waals surface area contributed by atoms with Gasteiger partial charge in [-0.05, 0) is 12.0 Å². The van der Waals surface area contributed by atoms with Gasteiger partial charge in [-0.1, -0.05) is 36.4 Å². The molecule has 1 heterocycles. The number of hydrogen-bond acceptors (Lipinski definition) is 4. The Balaban J connectivity index is 2.08. The summed E-state index contributed by atoms with van der Waals surface area (Å²) in [6.45, 7) is 2.02. The average Bonchev–Trinajstić information content (AvgIpc) is 2.87. The zero-order chi connectivity index (χ0) is 13.8. The van der Waals surface area contributed by atoms with Crippen molar-refractivity contribution in [3.05, 3.63) is 47.3 Å². The Labute approximate surface area is 109 Å². The maximum absolute atomic E-state index is 12.0. The van der Waals surface area contributed by atoms with Crippen molar-refractivity contribution in [2.45, 2.75) is 19.9 Å². The van der Waals surface area contributed by atoms with E-state index >= 15 is 0 Å². The van der Waals surface area contributed by atoms with Crippen molar-refractivity contribution in [2.24, 2.45) is 0 Å². The van der Waals surface area contributed by atoms with Crippen molar-refractivity contribution in [2.75, 3.05) is 0 Å². The molecule has 0 spiro atoms. The fourth-order valence-electron chi connectivity index (χ4n) is 1.64. The molecule has 1 aromatic heterocycles. The number of rotatable bonds is 5. The van der Waals surface area contributed by atoms with Gasteiger partial charge in [0.1, 0.15) is 6.54 Å². The smallest absolute Gasteiger partial charge is 0.358 e. The van der Waals surface area contributed by atoms with Gasteiger partial charge in [-0.15, -0.1) is 5.10 Å². The molecule has 98 valence electrons. The summed E-state index contributed by atoms with van der Waals surface area (Å²) in [5.74, 6) is -1.30. The Bertz CT molecular complexity index is 602. The van der Waals surface area contributed by atoms with E-state index in [1.165, 1.54) is 10.9 Å². The lowest BCUT2D eigenvalue weighted by atomic mass is 10.1. The zero-order valence-corrected chi connectivity index (χ0v) is 10.4. The third-order valence-corrected chi connectivity index (χ3v) is 2.75. The molecule has 2 rings (SSSR count). The Morgan fingerprint density at radius 1 is 1.26 bits per heavy atom. The molecule has 1 aromatic carbocycles. The highest BCUT2D eigenvalue weighted by Crippen LogP contribution is 2.07. The van der Waals surface area contributed by atoms with Crippen molar-refractivity contribution in [1.82, 2.24) is 15.0 Å². The number of ketones is 1. The minimum atomic E-state index is -1.16. The van der Waals surface area contributed by atoms with Crippen LogP contribution in [0.3, 0.4) is 0 Å². The molecule has 0 aliphatic rings. The second-order valence-corrected chi connectivity index (χ2v) is 4.08. The Hall–Kier alpha value is -2.50. The van der Waals surface area contributed by atoms with E-state index in [-0.39, 0.29) is 18.0 Å². The molecule has 6 heteroatoms. The monoisotopic (exact) mass is 259 g/mol. The second kappa shape index (κ2) is 5.43. The molecule has 0 saturated carbocycles. The van der Waals surface area contributed by atoms with Crippen LogP contribution in [-0.2, 0) is 13.0 Å². The fourth-order valence-corrected chi connectivity index (χ4v) is 1.64. The Morgan fingerprint density at radius 3 is 2.47 bits per heavy atom. The summed E-state index contributed by atoms with van der Waals surface area (Å²) in [6, 6.07) is 7.32. The first-order chi connectivity index (χ1) is 9.10. The molecule has 0 unspecified atom stereocenters. The number of nitrogens with zero attached hydrogens (tertiary/aromatic N) is 3. The van der Waals surface area contributed by atoms with Gasteiger partial charge in [-0.3, -0.25) is 4.79 Å². The van der Waals surface area contributed by atoms with E-state index in [2.05, 4.69) is 10.3 Å². The van der Waals surface area contributed by atoms with Gasteiger partial charge in [0.2, 0.25) is 0 Å². The summed E-state index contributed by atoms with van der Waals surface area (Å²) < 4.78 is 1.22. The van der Waals surface area contributed by atoms with Gasteiger partial charge < -0.3 is 5.11 Å². The summed E-state index contributed by atoms with van der Waals surface area (Å²) in [5.41, 5.74) is 1.56. The average molecular weight is 259 g/mol. The molecule has 6 nitrogen and oxygen atoms in total. The van der Waals surface area contributed by atoms with E-state index in [9.17, 15) is 9.59 Å². The molecule has 0 aliphatic heterocycles. The van der Waals surface area contributed by atoms with Gasteiger partial charge in [0.25, 0.3) is 0 Å². The van der Waals surface area contributed by atoms with Crippen LogP contribution in [0.25, 0.3) is 0 Å². The largest absolute Gasteiger partial charge is 0.476 e. The van der Waals surface area contributed by atoms with Gasteiger partial charge in [-0.2, -0.15) is 0 Å². The van der Waals surface area contributed by atoms with Crippen molar-refractivity contribution >= 4 is 11.8 Å². The standard InChI is InChI=1S/C13H13N3O3/c1-2-9-3-5-10(6-4-9)12(17)8-16-7-11(13(18)19)14-15-16/h3-7H,2,8H2,1H3,(H,18,19). The number of carbonyl (C=O) groups is 2. The summed E-state index contributed by atoms with van der Waals surface area (Å²) >= 11 is 0. The predicted octanol–water partition coefficient (Wildman–Crippen LogP) is 1.42. The molecule has 1 N–H and O–H groups in total. The van der Waals surface area contributed by atoms with E-state index < -0.39 is 5.97 Å². The zero-order valence-electron chi connectivity index (χ0n) is 10.4. The number of hydrogen-bond donors (Lipinski definition) is 1. The number of aromatic carboxylic acids is 1. The lowest BCUT2D eigenvalue weighted by Gasteiger charge is -2.02. The van der Waals surface area contributed by atoms with Gasteiger partial charge in [0.05, 0.1) is 6.20 Å². The maximum atomic E-state index is 12.0. The van der Waals surface area contributed by atoms with Crippen LogP contribution in [0.15, 0.2) is 30.5 Å². The molecule has 0 aliphatic carbocycles. The second-order valence-electron chi connectivity index (χ2n) is 4.08. The topological polar surface area (TPSA) is 85.1 Å². The lowest BCUT2D eigenvalue weighted by Crippen LogP contribution is -2.11. The number of aryl methyl sites for hydroxylation is 1. The van der Waals surface area contributed by atoms with Crippen molar-refractivity contribution < 1.29 is 14.7 Å². The van der Waals surface area contributed by atoms with E-state index in [4.69, 9.17) is 5.11 Å². The summed E-state index contributed by atoms with van der Waals surface area (Å²) in [4.78, 5) is 22.6. The van der Waals surface area contributed by atoms with Gasteiger partial charge in [0.15, 0.2) is 11.5 Å². The van der Waals surface area contributed by atoms with Gasteiger partial charge in [-0.25, -0.2) is 9.48 Å².